The summed E-state index contributed by atoms with van der Waals surface area (Å²) in [6.07, 6.45) is 0. The van der Waals surface area contributed by atoms with Crippen LogP contribution in [0.15, 0.2) is 59.7 Å². The molecule has 30 heavy (non-hydrogen) atoms. The Morgan fingerprint density at radius 1 is 1.03 bits per heavy atom. The Hall–Kier alpha value is -3.56. The lowest BCUT2D eigenvalue weighted by atomic mass is 10.2. The van der Waals surface area contributed by atoms with E-state index in [0.29, 0.717) is 25.5 Å². The van der Waals surface area contributed by atoms with Gasteiger partial charge in [0.2, 0.25) is 11.6 Å². The van der Waals surface area contributed by atoms with Crippen molar-refractivity contribution in [2.45, 2.75) is 0 Å². The molecule has 0 amide bonds. The summed E-state index contributed by atoms with van der Waals surface area (Å²) >= 11 is 6.74. The molecule has 0 saturated heterocycles. The van der Waals surface area contributed by atoms with E-state index in [-0.39, 0.29) is 17.1 Å². The third-order valence-corrected chi connectivity index (χ3v) is 5.20. The van der Waals surface area contributed by atoms with Crippen LogP contribution in [-0.2, 0) is 0 Å². The molecule has 0 saturated carbocycles. The smallest absolute Gasteiger partial charge is 0.349 e. The second-order valence-electron chi connectivity index (χ2n) is 5.88. The highest BCUT2D eigenvalue weighted by Gasteiger charge is 2.16. The summed E-state index contributed by atoms with van der Waals surface area (Å²) in [5.41, 5.74) is -2.21. The van der Waals surface area contributed by atoms with Gasteiger partial charge >= 0.3 is 5.69 Å². The summed E-state index contributed by atoms with van der Waals surface area (Å²) < 4.78 is 7.62. The molecule has 148 valence electrons. The van der Waals surface area contributed by atoms with Crippen LogP contribution < -0.4 is 21.5 Å². The Morgan fingerprint density at radius 3 is 2.37 bits per heavy atom. The number of rotatable bonds is 3. The summed E-state index contributed by atoms with van der Waals surface area (Å²) in [5, 5.41) is 20.0. The summed E-state index contributed by atoms with van der Waals surface area (Å²) in [6, 6.07) is 11.5. The Morgan fingerprint density at radius 2 is 1.70 bits per heavy atom. The van der Waals surface area contributed by atoms with Crippen molar-refractivity contribution in [2.24, 2.45) is 0 Å². The lowest BCUT2D eigenvalue weighted by molar-refractivity contribution is 0.455. The number of H-pyrrole nitrogens is 2. The molecule has 2 aromatic heterocycles. The molecule has 0 radical (unpaired) electrons. The van der Waals surface area contributed by atoms with E-state index < -0.39 is 16.9 Å². The number of hydrogen-bond donors (Lipinski definition) is 2. The zero-order valence-corrected chi connectivity index (χ0v) is 17.8. The van der Waals surface area contributed by atoms with E-state index >= 15 is 0 Å². The highest BCUT2D eigenvalue weighted by molar-refractivity contribution is 9.11. The Labute approximate surface area is 183 Å². The first-order chi connectivity index (χ1) is 14.4. The van der Waals surface area contributed by atoms with Gasteiger partial charge < -0.3 is 4.74 Å². The van der Waals surface area contributed by atoms with Gasteiger partial charge in [0.25, 0.3) is 11.1 Å². The Balaban J connectivity index is 1.82. The minimum Gasteiger partial charge on any atom is -0.435 e. The Bertz CT molecular complexity index is 1510. The van der Waals surface area contributed by atoms with Gasteiger partial charge in [0, 0.05) is 0 Å². The van der Waals surface area contributed by atoms with Crippen molar-refractivity contribution in [3.63, 3.8) is 0 Å². The van der Waals surface area contributed by atoms with Crippen LogP contribution in [0.25, 0.3) is 16.5 Å². The van der Waals surface area contributed by atoms with Gasteiger partial charge in [0.15, 0.2) is 5.75 Å². The van der Waals surface area contributed by atoms with E-state index in [9.17, 15) is 14.4 Å². The lowest BCUT2D eigenvalue weighted by Crippen LogP contribution is -2.33. The summed E-state index contributed by atoms with van der Waals surface area (Å²) in [6.45, 7) is 0. The van der Waals surface area contributed by atoms with Crippen LogP contribution in [0, 0.1) is 11.3 Å². The lowest BCUT2D eigenvalue weighted by Gasteiger charge is -2.13. The zero-order chi connectivity index (χ0) is 21.4. The molecule has 0 spiro atoms. The fraction of sp³-hybridized carbons (Fsp3) is 0. The van der Waals surface area contributed by atoms with Gasteiger partial charge in [-0.1, -0.05) is 12.1 Å². The first-order valence-electron chi connectivity index (χ1n) is 8.17. The van der Waals surface area contributed by atoms with E-state index in [1.54, 1.807) is 30.3 Å². The average molecular weight is 532 g/mol. The van der Waals surface area contributed by atoms with E-state index in [2.05, 4.69) is 47.2 Å². The van der Waals surface area contributed by atoms with E-state index in [4.69, 9.17) is 10.00 Å². The molecule has 2 aromatic carbocycles. The zero-order valence-electron chi connectivity index (χ0n) is 14.6. The largest absolute Gasteiger partial charge is 0.435 e. The van der Waals surface area contributed by atoms with Crippen LogP contribution in [-0.4, -0.2) is 25.0 Å². The number of nitrogens with zero attached hydrogens (tertiary/aromatic N) is 4. The summed E-state index contributed by atoms with van der Waals surface area (Å²) in [7, 11) is 0. The first kappa shape index (κ1) is 19.7. The van der Waals surface area contributed by atoms with Gasteiger partial charge in [0.05, 0.1) is 25.4 Å². The molecule has 12 heteroatoms. The van der Waals surface area contributed by atoms with Crippen LogP contribution in [0.5, 0.6) is 11.6 Å². The highest BCUT2D eigenvalue weighted by atomic mass is 79.9. The quantitative estimate of drug-likeness (QED) is 0.412. The van der Waals surface area contributed by atoms with Crippen molar-refractivity contribution in [1.29, 1.82) is 5.26 Å². The number of nitriles is 1. The van der Waals surface area contributed by atoms with Gasteiger partial charge in [-0.05, 0) is 56.1 Å². The fourth-order valence-electron chi connectivity index (χ4n) is 2.68. The van der Waals surface area contributed by atoms with E-state index in [0.717, 1.165) is 4.68 Å². The standard InChI is InChI=1S/C18H8Br2N6O4/c19-11-5-8(26-18(29)22-16(28)13(7-21)25-26)6-12(20)14(11)30-17-10-4-2-1-3-9(10)15(27)23-24-17/h1-6H,(H,23,27)(H,22,28,29). The number of benzene rings is 2. The summed E-state index contributed by atoms with van der Waals surface area (Å²) in [5.74, 6) is 0.492. The van der Waals surface area contributed by atoms with Gasteiger partial charge in [0.1, 0.15) is 6.07 Å². The predicted molar refractivity (Wildman–Crippen MR) is 113 cm³/mol. The van der Waals surface area contributed by atoms with Crippen LogP contribution in [0.2, 0.25) is 0 Å². The maximum atomic E-state index is 12.1. The second kappa shape index (κ2) is 7.69. The molecule has 0 bridgehead atoms. The van der Waals surface area contributed by atoms with E-state index in [1.165, 1.54) is 12.1 Å². The molecule has 2 N–H and O–H groups in total. The van der Waals surface area contributed by atoms with Crippen molar-refractivity contribution < 1.29 is 4.74 Å². The minimum absolute atomic E-state index is 0.172. The van der Waals surface area contributed by atoms with Crippen molar-refractivity contribution in [2.75, 3.05) is 0 Å². The average Bonchev–Trinajstić information content (AvgIpc) is 2.72. The third-order valence-electron chi connectivity index (χ3n) is 4.02. The second-order valence-corrected chi connectivity index (χ2v) is 7.58. The number of ether oxygens (including phenoxy) is 1. The van der Waals surface area contributed by atoms with Crippen LogP contribution in [0.3, 0.4) is 0 Å². The van der Waals surface area contributed by atoms with Crippen molar-refractivity contribution in [3.8, 4) is 23.4 Å². The number of aromatic amines is 2. The van der Waals surface area contributed by atoms with Crippen molar-refractivity contribution >= 4 is 42.6 Å². The van der Waals surface area contributed by atoms with Crippen LogP contribution in [0.4, 0.5) is 0 Å². The van der Waals surface area contributed by atoms with Gasteiger partial charge in [-0.15, -0.1) is 10.2 Å². The highest BCUT2D eigenvalue weighted by Crippen LogP contribution is 2.39. The molecule has 0 aliphatic rings. The number of hydrogen-bond acceptors (Lipinski definition) is 7. The maximum Gasteiger partial charge on any atom is 0.349 e. The molecular weight excluding hydrogens is 524 g/mol. The van der Waals surface area contributed by atoms with Gasteiger partial charge in [-0.3, -0.25) is 14.6 Å². The first-order valence-corrected chi connectivity index (χ1v) is 9.76. The SMILES string of the molecule is N#Cc1nn(-c2cc(Br)c(Oc3n[nH]c(=O)c4ccccc34)c(Br)c2)c(=O)[nH]c1=O. The topological polar surface area (TPSA) is 147 Å². The molecule has 0 aliphatic carbocycles. The monoisotopic (exact) mass is 530 g/mol. The van der Waals surface area contributed by atoms with Crippen molar-refractivity contribution in [1.82, 2.24) is 25.0 Å². The molecule has 0 aliphatic heterocycles. The molecule has 4 rings (SSSR count). The number of aromatic nitrogens is 5. The molecular formula is C18H8Br2N6O4. The van der Waals surface area contributed by atoms with Crippen molar-refractivity contribution in [3.05, 3.63) is 82.2 Å². The minimum atomic E-state index is -0.868. The molecule has 10 nitrogen and oxygen atoms in total. The van der Waals surface area contributed by atoms with Gasteiger partial charge in [-0.25, -0.2) is 9.89 Å². The predicted octanol–water partition coefficient (Wildman–Crippen LogP) is 2.35. The summed E-state index contributed by atoms with van der Waals surface area (Å²) in [4.78, 5) is 37.7. The normalized spacial score (nSPS) is 10.7. The number of halogens is 2. The molecule has 0 atom stereocenters. The molecule has 0 fully saturated rings. The molecule has 2 heterocycles. The molecule has 4 aromatic rings. The Kier molecular flexibility index (Phi) is 5.06. The molecule has 0 unspecified atom stereocenters. The number of fused-ring (bicyclic) bond motifs is 1. The van der Waals surface area contributed by atoms with Gasteiger partial charge in [-0.2, -0.15) is 9.94 Å². The van der Waals surface area contributed by atoms with Crippen LogP contribution >= 0.6 is 31.9 Å². The fourth-order valence-corrected chi connectivity index (χ4v) is 4.00. The van der Waals surface area contributed by atoms with E-state index in [1.807, 2.05) is 4.98 Å². The maximum absolute atomic E-state index is 12.1. The van der Waals surface area contributed by atoms with Crippen LogP contribution in [0.1, 0.15) is 5.69 Å². The number of nitrogens with one attached hydrogen (secondary N) is 2. The third kappa shape index (κ3) is 3.44.